The summed E-state index contributed by atoms with van der Waals surface area (Å²) in [5.41, 5.74) is 0.403. The van der Waals surface area contributed by atoms with E-state index in [0.29, 0.717) is 24.0 Å². The summed E-state index contributed by atoms with van der Waals surface area (Å²) in [6, 6.07) is 0. The van der Waals surface area contributed by atoms with Crippen LogP contribution in [-0.4, -0.2) is 13.2 Å². The monoisotopic (exact) mass is 434 g/mol. The normalized spacial score (nSPS) is 29.8. The van der Waals surface area contributed by atoms with E-state index in [0.717, 1.165) is 17.8 Å². The van der Waals surface area contributed by atoms with Crippen molar-refractivity contribution in [1.82, 2.24) is 0 Å². The Hall–Kier alpha value is -1.22. The molecule has 1 unspecified atom stereocenters. The fourth-order valence-electron chi connectivity index (χ4n) is 5.19. The van der Waals surface area contributed by atoms with E-state index in [-0.39, 0.29) is 12.5 Å². The highest BCUT2D eigenvalue weighted by Crippen LogP contribution is 2.41. The summed E-state index contributed by atoms with van der Waals surface area (Å²) in [5.74, 6) is 1.65. The topological polar surface area (TPSA) is 9.23 Å². The molecule has 0 aromatic rings. The lowest BCUT2D eigenvalue weighted by Gasteiger charge is -2.37. The maximum Gasteiger partial charge on any atom is 0.160 e. The first-order chi connectivity index (χ1) is 14.8. The Balaban J connectivity index is 1.83. The zero-order valence-electron chi connectivity index (χ0n) is 20.2. The molecule has 0 bridgehead atoms. The molecule has 1 atom stereocenters. The molecule has 0 heterocycles. The Kier molecular flexibility index (Phi) is 11.2. The highest BCUT2D eigenvalue weighted by Gasteiger charge is 2.30. The van der Waals surface area contributed by atoms with Crippen LogP contribution in [0.1, 0.15) is 79.1 Å². The van der Waals surface area contributed by atoms with Crippen LogP contribution in [0, 0.1) is 35.5 Å². The molecule has 0 aliphatic heterocycles. The van der Waals surface area contributed by atoms with Gasteiger partial charge in [0.05, 0.1) is 6.61 Å². The molecule has 0 saturated heterocycles. The molecule has 0 N–H and O–H groups in total. The number of rotatable bonds is 10. The predicted molar refractivity (Wildman–Crippen MR) is 128 cm³/mol. The summed E-state index contributed by atoms with van der Waals surface area (Å²) in [6.07, 6.45) is 17.6. The fraction of sp³-hybridized carbons (Fsp3) is 0.714. The van der Waals surface area contributed by atoms with Gasteiger partial charge in [-0.15, -0.1) is 6.58 Å². The average Bonchev–Trinajstić information content (AvgIpc) is 2.79. The van der Waals surface area contributed by atoms with Crippen LogP contribution in [0.5, 0.6) is 0 Å². The quantitative estimate of drug-likeness (QED) is 0.247. The van der Waals surface area contributed by atoms with Crippen LogP contribution in [-0.2, 0) is 4.74 Å². The van der Waals surface area contributed by atoms with Crippen LogP contribution in [0.4, 0.5) is 8.78 Å². The average molecular weight is 435 g/mol. The molecule has 0 radical (unpaired) electrons. The molecule has 1 nitrogen and oxygen atoms in total. The third-order valence-electron chi connectivity index (χ3n) is 7.40. The minimum atomic E-state index is -0.796. The van der Waals surface area contributed by atoms with Gasteiger partial charge in [0.2, 0.25) is 0 Å². The molecule has 0 aromatic heterocycles. The SMILES string of the molecule is C=CC1CCC(C2CCC(COC/C(=C(F)\C(F)=C/C)C(C)/C=C\C(C)C)CC2)CC1. The Morgan fingerprint density at radius 2 is 1.52 bits per heavy atom. The van der Waals surface area contributed by atoms with Gasteiger partial charge in [-0.05, 0) is 94.0 Å². The Bertz CT molecular complexity index is 629. The van der Waals surface area contributed by atoms with E-state index in [9.17, 15) is 8.78 Å². The van der Waals surface area contributed by atoms with Crippen LogP contribution >= 0.6 is 0 Å². The second-order valence-electron chi connectivity index (χ2n) is 10.1. The van der Waals surface area contributed by atoms with Gasteiger partial charge >= 0.3 is 0 Å². The zero-order valence-corrected chi connectivity index (χ0v) is 20.2. The molecule has 31 heavy (non-hydrogen) atoms. The largest absolute Gasteiger partial charge is 0.377 e. The number of hydrogen-bond acceptors (Lipinski definition) is 1. The highest BCUT2D eigenvalue weighted by atomic mass is 19.2. The van der Waals surface area contributed by atoms with Gasteiger partial charge in [0, 0.05) is 18.1 Å². The second-order valence-corrected chi connectivity index (χ2v) is 10.1. The molecule has 2 fully saturated rings. The van der Waals surface area contributed by atoms with Gasteiger partial charge in [-0.2, -0.15) is 0 Å². The molecule has 2 aliphatic carbocycles. The molecule has 2 aliphatic rings. The van der Waals surface area contributed by atoms with Crippen molar-refractivity contribution < 1.29 is 13.5 Å². The lowest BCUT2D eigenvalue weighted by Crippen LogP contribution is -2.27. The van der Waals surface area contributed by atoms with Gasteiger partial charge in [-0.1, -0.05) is 39.0 Å². The van der Waals surface area contributed by atoms with Crippen molar-refractivity contribution >= 4 is 0 Å². The third kappa shape index (κ3) is 8.33. The number of ether oxygens (including phenoxy) is 1. The first kappa shape index (κ1) is 26.0. The molecule has 3 heteroatoms. The minimum absolute atomic E-state index is 0.155. The van der Waals surface area contributed by atoms with E-state index in [1.165, 1.54) is 64.4 Å². The summed E-state index contributed by atoms with van der Waals surface area (Å²) in [6.45, 7) is 12.3. The smallest absolute Gasteiger partial charge is 0.160 e. The molecule has 176 valence electrons. The summed E-state index contributed by atoms with van der Waals surface area (Å²) in [5, 5.41) is 0. The maximum absolute atomic E-state index is 14.6. The van der Waals surface area contributed by atoms with Gasteiger partial charge < -0.3 is 4.74 Å². The maximum atomic E-state index is 14.6. The van der Waals surface area contributed by atoms with E-state index < -0.39 is 11.7 Å². The van der Waals surface area contributed by atoms with Crippen LogP contribution in [0.3, 0.4) is 0 Å². The van der Waals surface area contributed by atoms with Crippen molar-refractivity contribution in [2.24, 2.45) is 35.5 Å². The first-order valence-corrected chi connectivity index (χ1v) is 12.4. The standard InChI is InChI=1S/C28H44F2O/c1-6-22-10-14-24(15-11-22)25-16-12-23(13-17-25)18-31-19-26(28(30)27(29)7-2)21(5)9-8-20(3)4/h6-9,20-25H,1,10-19H2,2-5H3/b9-8-,27-7+,28-26-. The number of allylic oxidation sites excluding steroid dienone is 6. The van der Waals surface area contributed by atoms with Crippen molar-refractivity contribution in [2.75, 3.05) is 13.2 Å². The zero-order chi connectivity index (χ0) is 22.8. The Morgan fingerprint density at radius 1 is 0.935 bits per heavy atom. The lowest BCUT2D eigenvalue weighted by molar-refractivity contribution is 0.0745. The molecule has 0 aromatic carbocycles. The van der Waals surface area contributed by atoms with Gasteiger partial charge in [-0.25, -0.2) is 8.78 Å². The van der Waals surface area contributed by atoms with E-state index in [1.807, 2.05) is 19.1 Å². The summed E-state index contributed by atoms with van der Waals surface area (Å²) in [7, 11) is 0. The molecule has 2 rings (SSSR count). The third-order valence-corrected chi connectivity index (χ3v) is 7.40. The summed E-state index contributed by atoms with van der Waals surface area (Å²) >= 11 is 0. The minimum Gasteiger partial charge on any atom is -0.377 e. The van der Waals surface area contributed by atoms with Crippen LogP contribution in [0.25, 0.3) is 0 Å². The van der Waals surface area contributed by atoms with Crippen LogP contribution in [0.15, 0.2) is 48.1 Å². The van der Waals surface area contributed by atoms with Gasteiger partial charge in [-0.3, -0.25) is 0 Å². The summed E-state index contributed by atoms with van der Waals surface area (Å²) < 4.78 is 34.5. The van der Waals surface area contributed by atoms with Gasteiger partial charge in [0.25, 0.3) is 0 Å². The molecular formula is C28H44F2O. The van der Waals surface area contributed by atoms with Crippen LogP contribution < -0.4 is 0 Å². The number of hydrogen-bond donors (Lipinski definition) is 0. The molecule has 2 saturated carbocycles. The van der Waals surface area contributed by atoms with Crippen LogP contribution in [0.2, 0.25) is 0 Å². The van der Waals surface area contributed by atoms with E-state index >= 15 is 0 Å². The second kappa shape index (κ2) is 13.4. The number of halogens is 2. The molecule has 0 spiro atoms. The van der Waals surface area contributed by atoms with Gasteiger partial charge in [0.1, 0.15) is 0 Å². The van der Waals surface area contributed by atoms with Crippen molar-refractivity contribution in [3.63, 3.8) is 0 Å². The summed E-state index contributed by atoms with van der Waals surface area (Å²) in [4.78, 5) is 0. The van der Waals surface area contributed by atoms with Crippen molar-refractivity contribution in [3.8, 4) is 0 Å². The van der Waals surface area contributed by atoms with E-state index in [4.69, 9.17) is 4.74 Å². The van der Waals surface area contributed by atoms with Crippen molar-refractivity contribution in [1.29, 1.82) is 0 Å². The predicted octanol–water partition coefficient (Wildman–Crippen LogP) is 8.75. The van der Waals surface area contributed by atoms with Gasteiger partial charge in [0.15, 0.2) is 11.7 Å². The molecular weight excluding hydrogens is 390 g/mol. The first-order valence-electron chi connectivity index (χ1n) is 12.4. The van der Waals surface area contributed by atoms with E-state index in [1.54, 1.807) is 0 Å². The fourth-order valence-corrected chi connectivity index (χ4v) is 5.19. The van der Waals surface area contributed by atoms with E-state index in [2.05, 4.69) is 26.5 Å². The molecule has 0 amide bonds. The van der Waals surface area contributed by atoms with Crippen molar-refractivity contribution in [3.05, 3.63) is 48.1 Å². The van der Waals surface area contributed by atoms with Crippen molar-refractivity contribution in [2.45, 2.75) is 79.1 Å². The lowest BCUT2D eigenvalue weighted by atomic mass is 9.69. The Morgan fingerprint density at radius 3 is 2.03 bits per heavy atom. The Labute approximate surface area is 189 Å². The highest BCUT2D eigenvalue weighted by molar-refractivity contribution is 5.28.